The van der Waals surface area contributed by atoms with E-state index in [4.69, 9.17) is 17.0 Å². The third-order valence-corrected chi connectivity index (χ3v) is 4.13. The van der Waals surface area contributed by atoms with Crippen LogP contribution in [0.5, 0.6) is 5.75 Å². The second kappa shape index (κ2) is 8.55. The molecule has 2 N–H and O–H groups in total. The van der Waals surface area contributed by atoms with Gasteiger partial charge in [-0.25, -0.2) is 0 Å². The zero-order chi connectivity index (χ0) is 17.6. The molecule has 2 rings (SSSR count). The van der Waals surface area contributed by atoms with Crippen molar-refractivity contribution >= 4 is 23.0 Å². The quantitative estimate of drug-likeness (QED) is 0.762. The maximum absolute atomic E-state index is 12.1. The maximum Gasteiger partial charge on any atom is 0.387 e. The van der Waals surface area contributed by atoms with Gasteiger partial charge in [0.1, 0.15) is 5.75 Å². The molecule has 0 aromatic heterocycles. The molecule has 8 heteroatoms. The van der Waals surface area contributed by atoms with E-state index in [0.717, 1.165) is 26.3 Å². The topological polar surface area (TPSA) is 45.8 Å². The molecule has 1 aliphatic heterocycles. The van der Waals surface area contributed by atoms with E-state index >= 15 is 0 Å². The fraction of sp³-hybridized carbons (Fsp3) is 0.562. The number of halogens is 2. The SMILES string of the molecule is CC(C)(CNC(=S)Nc1ccc(OC(F)F)cc1)N1CCOCC1. The summed E-state index contributed by atoms with van der Waals surface area (Å²) in [5.74, 6) is 0.114. The van der Waals surface area contributed by atoms with Gasteiger partial charge in [0.2, 0.25) is 0 Å². The Bertz CT molecular complexity index is 535. The number of nitrogens with zero attached hydrogens (tertiary/aromatic N) is 1. The lowest BCUT2D eigenvalue weighted by Crippen LogP contribution is -2.55. The lowest BCUT2D eigenvalue weighted by molar-refractivity contribution is -0.0498. The summed E-state index contributed by atoms with van der Waals surface area (Å²) >= 11 is 5.29. The summed E-state index contributed by atoms with van der Waals surface area (Å²) in [6, 6.07) is 6.21. The van der Waals surface area contributed by atoms with Gasteiger partial charge in [-0.05, 0) is 50.3 Å². The summed E-state index contributed by atoms with van der Waals surface area (Å²) in [6.07, 6.45) is 0. The minimum Gasteiger partial charge on any atom is -0.435 e. The number of nitrogens with one attached hydrogen (secondary N) is 2. The molecular weight excluding hydrogens is 336 g/mol. The van der Waals surface area contributed by atoms with Crippen LogP contribution < -0.4 is 15.4 Å². The molecule has 1 aromatic carbocycles. The van der Waals surface area contributed by atoms with Gasteiger partial charge in [-0.15, -0.1) is 0 Å². The molecule has 134 valence electrons. The second-order valence-corrected chi connectivity index (χ2v) is 6.53. The molecule has 0 saturated carbocycles. The van der Waals surface area contributed by atoms with E-state index in [1.165, 1.54) is 12.1 Å². The molecule has 1 heterocycles. The van der Waals surface area contributed by atoms with Crippen molar-refractivity contribution in [3.63, 3.8) is 0 Å². The summed E-state index contributed by atoms with van der Waals surface area (Å²) in [6.45, 7) is 5.48. The first-order valence-electron chi connectivity index (χ1n) is 7.79. The number of anilines is 1. The van der Waals surface area contributed by atoms with E-state index in [2.05, 4.69) is 34.1 Å². The number of hydrogen-bond acceptors (Lipinski definition) is 4. The smallest absolute Gasteiger partial charge is 0.387 e. The number of hydrogen-bond donors (Lipinski definition) is 2. The van der Waals surface area contributed by atoms with Crippen LogP contribution in [0, 0.1) is 0 Å². The van der Waals surface area contributed by atoms with Crippen LogP contribution in [-0.4, -0.2) is 55.0 Å². The van der Waals surface area contributed by atoms with E-state index < -0.39 is 6.61 Å². The molecule has 0 radical (unpaired) electrons. The second-order valence-electron chi connectivity index (χ2n) is 6.12. The third-order valence-electron chi connectivity index (χ3n) is 3.89. The number of ether oxygens (including phenoxy) is 2. The van der Waals surface area contributed by atoms with Crippen LogP contribution in [0.15, 0.2) is 24.3 Å². The molecular formula is C16H23F2N3O2S. The van der Waals surface area contributed by atoms with Gasteiger partial charge in [-0.3, -0.25) is 4.90 Å². The first-order chi connectivity index (χ1) is 11.4. The van der Waals surface area contributed by atoms with E-state index in [-0.39, 0.29) is 11.3 Å². The molecule has 1 aliphatic rings. The number of benzene rings is 1. The predicted molar refractivity (Wildman–Crippen MR) is 93.8 cm³/mol. The van der Waals surface area contributed by atoms with Crippen LogP contribution in [0.4, 0.5) is 14.5 Å². The molecule has 1 aromatic rings. The summed E-state index contributed by atoms with van der Waals surface area (Å²) in [4.78, 5) is 2.36. The zero-order valence-corrected chi connectivity index (χ0v) is 14.7. The van der Waals surface area contributed by atoms with Crippen molar-refractivity contribution in [1.82, 2.24) is 10.2 Å². The van der Waals surface area contributed by atoms with Crippen LogP contribution in [-0.2, 0) is 4.74 Å². The van der Waals surface area contributed by atoms with Crippen molar-refractivity contribution in [2.75, 3.05) is 38.2 Å². The van der Waals surface area contributed by atoms with Gasteiger partial charge >= 0.3 is 6.61 Å². The first-order valence-corrected chi connectivity index (χ1v) is 8.20. The average Bonchev–Trinajstić information content (AvgIpc) is 2.55. The predicted octanol–water partition coefficient (Wildman–Crippen LogP) is 2.69. The highest BCUT2D eigenvalue weighted by Crippen LogP contribution is 2.18. The summed E-state index contributed by atoms with van der Waals surface area (Å²) in [5.41, 5.74) is 0.656. The lowest BCUT2D eigenvalue weighted by Gasteiger charge is -2.41. The largest absolute Gasteiger partial charge is 0.435 e. The van der Waals surface area contributed by atoms with Crippen molar-refractivity contribution in [3.05, 3.63) is 24.3 Å². The summed E-state index contributed by atoms with van der Waals surface area (Å²) < 4.78 is 33.9. The molecule has 0 amide bonds. The van der Waals surface area contributed by atoms with Gasteiger partial charge in [0.15, 0.2) is 5.11 Å². The van der Waals surface area contributed by atoms with Gasteiger partial charge < -0.3 is 20.1 Å². The molecule has 0 bridgehead atoms. The number of alkyl halides is 2. The Hall–Kier alpha value is -1.51. The summed E-state index contributed by atoms with van der Waals surface area (Å²) in [7, 11) is 0. The third kappa shape index (κ3) is 5.85. The first kappa shape index (κ1) is 18.8. The van der Waals surface area contributed by atoms with Crippen LogP contribution in [0.25, 0.3) is 0 Å². The van der Waals surface area contributed by atoms with Gasteiger partial charge in [0.25, 0.3) is 0 Å². The highest BCUT2D eigenvalue weighted by atomic mass is 32.1. The van der Waals surface area contributed by atoms with E-state index in [1.807, 2.05) is 0 Å². The Labute approximate surface area is 146 Å². The van der Waals surface area contributed by atoms with Gasteiger partial charge in [0.05, 0.1) is 13.2 Å². The number of rotatable bonds is 6. The average molecular weight is 359 g/mol. The normalized spacial score (nSPS) is 16.0. The highest BCUT2D eigenvalue weighted by Gasteiger charge is 2.28. The summed E-state index contributed by atoms with van der Waals surface area (Å²) in [5, 5.41) is 6.72. The van der Waals surface area contributed by atoms with E-state index in [0.29, 0.717) is 17.3 Å². The van der Waals surface area contributed by atoms with Crippen LogP contribution in [0.3, 0.4) is 0 Å². The van der Waals surface area contributed by atoms with Crippen molar-refractivity contribution in [2.45, 2.75) is 26.0 Å². The van der Waals surface area contributed by atoms with Crippen molar-refractivity contribution in [1.29, 1.82) is 0 Å². The highest BCUT2D eigenvalue weighted by molar-refractivity contribution is 7.80. The molecule has 5 nitrogen and oxygen atoms in total. The van der Waals surface area contributed by atoms with Crippen molar-refractivity contribution < 1.29 is 18.3 Å². The van der Waals surface area contributed by atoms with Gasteiger partial charge in [0, 0.05) is 30.9 Å². The maximum atomic E-state index is 12.1. The van der Waals surface area contributed by atoms with Crippen molar-refractivity contribution in [2.24, 2.45) is 0 Å². The number of thiocarbonyl (C=S) groups is 1. The molecule has 0 aliphatic carbocycles. The van der Waals surface area contributed by atoms with Crippen LogP contribution in [0.2, 0.25) is 0 Å². The molecule has 0 atom stereocenters. The van der Waals surface area contributed by atoms with Gasteiger partial charge in [-0.2, -0.15) is 8.78 Å². The minimum atomic E-state index is -2.83. The zero-order valence-electron chi connectivity index (χ0n) is 13.9. The minimum absolute atomic E-state index is 0.0511. The molecule has 0 spiro atoms. The van der Waals surface area contributed by atoms with Crippen molar-refractivity contribution in [3.8, 4) is 5.75 Å². The standard InChI is InChI=1S/C16H23F2N3O2S/c1-16(2,21-7-9-22-10-8-21)11-19-15(24)20-12-3-5-13(6-4-12)23-14(17)18/h3-6,14H,7-11H2,1-2H3,(H2,19,20,24). The Balaban J connectivity index is 1.80. The Kier molecular flexibility index (Phi) is 6.70. The Morgan fingerprint density at radius 1 is 1.29 bits per heavy atom. The Morgan fingerprint density at radius 2 is 1.92 bits per heavy atom. The molecule has 1 fully saturated rings. The fourth-order valence-corrected chi connectivity index (χ4v) is 2.66. The van der Waals surface area contributed by atoms with Gasteiger partial charge in [-0.1, -0.05) is 0 Å². The lowest BCUT2D eigenvalue weighted by atomic mass is 10.0. The number of morpholine rings is 1. The molecule has 0 unspecified atom stereocenters. The fourth-order valence-electron chi connectivity index (χ4n) is 2.47. The van der Waals surface area contributed by atoms with Crippen LogP contribution in [0.1, 0.15) is 13.8 Å². The van der Waals surface area contributed by atoms with Crippen LogP contribution >= 0.6 is 12.2 Å². The monoisotopic (exact) mass is 359 g/mol. The van der Waals surface area contributed by atoms with E-state index in [1.54, 1.807) is 12.1 Å². The molecule has 24 heavy (non-hydrogen) atoms. The molecule has 1 saturated heterocycles. The Morgan fingerprint density at radius 3 is 2.50 bits per heavy atom. The van der Waals surface area contributed by atoms with E-state index in [9.17, 15) is 8.78 Å².